The lowest BCUT2D eigenvalue weighted by atomic mass is 10.0. The molecule has 0 aliphatic heterocycles. The Balaban J connectivity index is 2.36. The van der Waals surface area contributed by atoms with Crippen molar-refractivity contribution in [2.75, 3.05) is 6.61 Å². The van der Waals surface area contributed by atoms with Gasteiger partial charge >= 0.3 is 6.18 Å². The highest BCUT2D eigenvalue weighted by atomic mass is 32.1. The van der Waals surface area contributed by atoms with Crippen LogP contribution in [0.4, 0.5) is 35.1 Å². The lowest BCUT2D eigenvalue weighted by Gasteiger charge is -2.26. The van der Waals surface area contributed by atoms with Crippen molar-refractivity contribution in [2.24, 2.45) is 0 Å². The summed E-state index contributed by atoms with van der Waals surface area (Å²) in [6.45, 7) is 0.0732. The Bertz CT molecular complexity index is 1140. The number of nitriles is 2. The third-order valence-corrected chi connectivity index (χ3v) is 4.31. The summed E-state index contributed by atoms with van der Waals surface area (Å²) in [7, 11) is 0. The number of alkyl halides is 3. The van der Waals surface area contributed by atoms with Gasteiger partial charge in [0.1, 0.15) is 17.3 Å². The maximum atomic E-state index is 13.9. The van der Waals surface area contributed by atoms with Crippen molar-refractivity contribution in [3.8, 4) is 17.9 Å². The molecule has 2 aromatic carbocycles. The zero-order chi connectivity index (χ0) is 24.4. The Morgan fingerprint density at radius 2 is 1.53 bits per heavy atom. The average Bonchev–Trinajstić information content (AvgIpc) is 2.74. The molecule has 0 saturated carbocycles. The first kappa shape index (κ1) is 24.8. The van der Waals surface area contributed by atoms with Crippen molar-refractivity contribution in [1.82, 2.24) is 5.32 Å². The first-order valence-corrected chi connectivity index (χ1v) is 8.66. The van der Waals surface area contributed by atoms with E-state index >= 15 is 0 Å². The second-order valence-corrected chi connectivity index (χ2v) is 6.86. The molecule has 2 rings (SSSR count). The quantitative estimate of drug-likeness (QED) is 0.286. The highest BCUT2D eigenvalue weighted by Gasteiger charge is 2.36. The van der Waals surface area contributed by atoms with Gasteiger partial charge in [-0.2, -0.15) is 23.7 Å². The number of benzene rings is 2. The number of nitrogens with one attached hydrogen (secondary N) is 1. The molecule has 0 aliphatic rings. The van der Waals surface area contributed by atoms with E-state index in [0.29, 0.717) is 6.07 Å². The van der Waals surface area contributed by atoms with Gasteiger partial charge in [0.15, 0.2) is 28.8 Å². The predicted molar refractivity (Wildman–Crippen MR) is 96.7 cm³/mol. The highest BCUT2D eigenvalue weighted by Crippen LogP contribution is 2.37. The van der Waals surface area contributed by atoms with E-state index in [9.17, 15) is 40.4 Å². The van der Waals surface area contributed by atoms with Crippen LogP contribution in [0.5, 0.6) is 5.75 Å². The molecule has 0 heterocycles. The summed E-state index contributed by atoms with van der Waals surface area (Å²) in [5, 5.41) is 20.3. The van der Waals surface area contributed by atoms with E-state index in [1.807, 2.05) is 5.32 Å². The van der Waals surface area contributed by atoms with E-state index in [1.54, 1.807) is 6.07 Å². The summed E-state index contributed by atoms with van der Waals surface area (Å²) in [5.41, 5.74) is -5.08. The molecule has 0 spiro atoms. The van der Waals surface area contributed by atoms with Crippen molar-refractivity contribution in [3.05, 3.63) is 64.0 Å². The molecule has 0 amide bonds. The van der Waals surface area contributed by atoms with Gasteiger partial charge in [0.2, 0.25) is 5.82 Å². The molecule has 0 fully saturated rings. The molecular weight excluding hydrogens is 470 g/mol. The third kappa shape index (κ3) is 4.89. The summed E-state index contributed by atoms with van der Waals surface area (Å²) >= 11 is 4.65. The molecule has 13 heteroatoms. The fourth-order valence-corrected chi connectivity index (χ4v) is 2.79. The summed E-state index contributed by atoms with van der Waals surface area (Å²) in [5.74, 6) is -12.3. The standard InChI is InChI=1S/C19H9F8N3OS/c1-18(6-29,7-31-10-4-8(5-28)2-3-9(10)19(25,26)27)30-17(32)11-12(20)14(22)16(24)15(23)13(11)21/h2-4H,7H2,1H3,(H,30,32)/t18-/m1/s1. The van der Waals surface area contributed by atoms with Crippen LogP contribution in [-0.2, 0) is 6.18 Å². The number of halogens is 8. The van der Waals surface area contributed by atoms with Gasteiger partial charge in [0.05, 0.1) is 28.8 Å². The van der Waals surface area contributed by atoms with Crippen LogP contribution in [0.3, 0.4) is 0 Å². The van der Waals surface area contributed by atoms with Crippen LogP contribution < -0.4 is 10.1 Å². The Morgan fingerprint density at radius 1 is 1.00 bits per heavy atom. The van der Waals surface area contributed by atoms with Crippen LogP contribution >= 0.6 is 12.2 Å². The number of rotatable bonds is 5. The molecule has 0 bridgehead atoms. The fourth-order valence-electron chi connectivity index (χ4n) is 2.38. The Labute approximate surface area is 180 Å². The van der Waals surface area contributed by atoms with Crippen LogP contribution in [0.15, 0.2) is 18.2 Å². The highest BCUT2D eigenvalue weighted by molar-refractivity contribution is 7.80. The molecule has 0 unspecified atom stereocenters. The lowest BCUT2D eigenvalue weighted by molar-refractivity contribution is -0.139. The van der Waals surface area contributed by atoms with Crippen molar-refractivity contribution in [1.29, 1.82) is 10.5 Å². The van der Waals surface area contributed by atoms with Crippen LogP contribution in [0, 0.1) is 51.7 Å². The Morgan fingerprint density at radius 3 is 2.00 bits per heavy atom. The maximum Gasteiger partial charge on any atom is 0.419 e. The van der Waals surface area contributed by atoms with Crippen molar-refractivity contribution in [3.63, 3.8) is 0 Å². The van der Waals surface area contributed by atoms with Crippen LogP contribution in [0.25, 0.3) is 0 Å². The van der Waals surface area contributed by atoms with Gasteiger partial charge in [-0.15, -0.1) is 0 Å². The SMILES string of the molecule is C[C@@](C#N)(COc1cc(C#N)ccc1C(F)(F)F)NC(=S)c1c(F)c(F)c(F)c(F)c1F. The molecule has 0 aromatic heterocycles. The summed E-state index contributed by atoms with van der Waals surface area (Å²) in [6.07, 6.45) is -4.88. The minimum absolute atomic E-state index is 0.198. The smallest absolute Gasteiger partial charge is 0.419 e. The number of ether oxygens (including phenoxy) is 1. The van der Waals surface area contributed by atoms with Crippen LogP contribution in [0.1, 0.15) is 23.6 Å². The topological polar surface area (TPSA) is 68.8 Å². The number of thiocarbonyl (C=S) groups is 1. The fraction of sp³-hybridized carbons (Fsp3) is 0.211. The van der Waals surface area contributed by atoms with Gasteiger partial charge < -0.3 is 10.1 Å². The van der Waals surface area contributed by atoms with Gasteiger partial charge in [0.25, 0.3) is 0 Å². The summed E-state index contributed by atoms with van der Waals surface area (Å²) in [6, 6.07) is 5.36. The number of hydrogen-bond donors (Lipinski definition) is 1. The molecule has 32 heavy (non-hydrogen) atoms. The first-order valence-electron chi connectivity index (χ1n) is 8.25. The number of hydrogen-bond acceptors (Lipinski definition) is 4. The number of nitrogens with zero attached hydrogens (tertiary/aromatic N) is 2. The molecule has 0 saturated heterocycles. The van der Waals surface area contributed by atoms with E-state index < -0.39 is 69.3 Å². The monoisotopic (exact) mass is 479 g/mol. The molecule has 0 aliphatic carbocycles. The minimum Gasteiger partial charge on any atom is -0.489 e. The average molecular weight is 479 g/mol. The molecular formula is C19H9F8N3OS. The summed E-state index contributed by atoms with van der Waals surface area (Å²) < 4.78 is 112. The van der Waals surface area contributed by atoms with E-state index in [1.165, 1.54) is 6.07 Å². The summed E-state index contributed by atoms with van der Waals surface area (Å²) in [4.78, 5) is -1.08. The molecule has 4 nitrogen and oxygen atoms in total. The Kier molecular flexibility index (Phi) is 6.95. The second kappa shape index (κ2) is 8.96. The molecule has 1 N–H and O–H groups in total. The van der Waals surface area contributed by atoms with Gasteiger partial charge in [-0.25, -0.2) is 22.0 Å². The van der Waals surface area contributed by atoms with Crippen LogP contribution in [-0.4, -0.2) is 17.1 Å². The van der Waals surface area contributed by atoms with E-state index in [0.717, 1.165) is 19.1 Å². The second-order valence-electron chi connectivity index (χ2n) is 6.45. The largest absolute Gasteiger partial charge is 0.489 e. The lowest BCUT2D eigenvalue weighted by Crippen LogP contribution is -2.49. The first-order chi connectivity index (χ1) is 14.8. The Hall–Kier alpha value is -3.45. The van der Waals surface area contributed by atoms with Crippen LogP contribution in [0.2, 0.25) is 0 Å². The molecule has 1 atom stereocenters. The molecule has 168 valence electrons. The minimum atomic E-state index is -4.88. The zero-order valence-electron chi connectivity index (χ0n) is 15.7. The van der Waals surface area contributed by atoms with Gasteiger partial charge in [-0.05, 0) is 25.1 Å². The van der Waals surface area contributed by atoms with Crippen molar-refractivity contribution < 1.29 is 39.9 Å². The van der Waals surface area contributed by atoms with Crippen molar-refractivity contribution >= 4 is 17.2 Å². The van der Waals surface area contributed by atoms with Gasteiger partial charge in [-0.3, -0.25) is 0 Å². The maximum absolute atomic E-state index is 13.9. The van der Waals surface area contributed by atoms with Gasteiger partial charge in [0, 0.05) is 0 Å². The zero-order valence-corrected chi connectivity index (χ0v) is 16.5. The molecule has 2 aromatic rings. The van der Waals surface area contributed by atoms with Crippen molar-refractivity contribution in [2.45, 2.75) is 18.6 Å². The predicted octanol–water partition coefficient (Wildman–Crippen LogP) is 4.90. The van der Waals surface area contributed by atoms with E-state index in [2.05, 4.69) is 12.2 Å². The van der Waals surface area contributed by atoms with E-state index in [4.69, 9.17) is 10.00 Å². The third-order valence-electron chi connectivity index (χ3n) is 4.01. The normalized spacial score (nSPS) is 13.0. The van der Waals surface area contributed by atoms with E-state index in [-0.39, 0.29) is 5.56 Å². The van der Waals surface area contributed by atoms with Gasteiger partial charge in [-0.1, -0.05) is 12.2 Å². The molecule has 0 radical (unpaired) electrons.